The topological polar surface area (TPSA) is 67.1 Å². The number of nitrogens with one attached hydrogen (secondary N) is 1. The molecular weight excluding hydrogens is 190 g/mol. The Labute approximate surface area is 89.7 Å². The summed E-state index contributed by atoms with van der Waals surface area (Å²) in [4.78, 5) is 10.6. The zero-order chi connectivity index (χ0) is 10.7. The van der Waals surface area contributed by atoms with Gasteiger partial charge in [0.2, 0.25) is 5.95 Å². The van der Waals surface area contributed by atoms with Gasteiger partial charge in [-0.15, -0.1) is 0 Å². The molecule has 1 fully saturated rings. The van der Waals surface area contributed by atoms with Crippen LogP contribution in [0.15, 0.2) is 12.4 Å². The van der Waals surface area contributed by atoms with Gasteiger partial charge in [-0.3, -0.25) is 0 Å². The quantitative estimate of drug-likeness (QED) is 0.727. The van der Waals surface area contributed by atoms with E-state index in [9.17, 15) is 0 Å². The molecule has 15 heavy (non-hydrogen) atoms. The van der Waals surface area contributed by atoms with Crippen LogP contribution in [0.25, 0.3) is 0 Å². The summed E-state index contributed by atoms with van der Waals surface area (Å²) < 4.78 is 0. The molecule has 3 N–H and O–H groups in total. The zero-order valence-corrected chi connectivity index (χ0v) is 8.98. The van der Waals surface area contributed by atoms with Gasteiger partial charge in [0.1, 0.15) is 0 Å². The Morgan fingerprint density at radius 1 is 1.33 bits per heavy atom. The predicted molar refractivity (Wildman–Crippen MR) is 60.7 cm³/mol. The normalized spacial score (nSPS) is 18.1. The Kier molecular flexibility index (Phi) is 3.01. The van der Waals surface area contributed by atoms with Crippen molar-refractivity contribution in [3.05, 3.63) is 12.4 Å². The summed E-state index contributed by atoms with van der Waals surface area (Å²) in [7, 11) is 2.01. The molecular formula is C10H17N5. The highest BCUT2D eigenvalue weighted by Crippen LogP contribution is 2.15. The van der Waals surface area contributed by atoms with Crippen molar-refractivity contribution in [1.29, 1.82) is 0 Å². The van der Waals surface area contributed by atoms with Crippen LogP contribution < -0.4 is 16.0 Å². The molecule has 0 bridgehead atoms. The van der Waals surface area contributed by atoms with Gasteiger partial charge in [0.05, 0.1) is 18.1 Å². The zero-order valence-electron chi connectivity index (χ0n) is 8.98. The number of rotatable bonds is 2. The SMILES string of the molecule is CNC1CCN(c2ncc(N)cn2)CC1. The maximum atomic E-state index is 5.55. The van der Waals surface area contributed by atoms with Gasteiger partial charge in [0.25, 0.3) is 0 Å². The summed E-state index contributed by atoms with van der Waals surface area (Å²) in [6, 6.07) is 0.634. The number of nitrogens with zero attached hydrogens (tertiary/aromatic N) is 3. The Balaban J connectivity index is 1.98. The average Bonchev–Trinajstić information content (AvgIpc) is 2.30. The van der Waals surface area contributed by atoms with Gasteiger partial charge >= 0.3 is 0 Å². The Hall–Kier alpha value is -1.36. The van der Waals surface area contributed by atoms with Gasteiger partial charge in [-0.1, -0.05) is 0 Å². The highest BCUT2D eigenvalue weighted by molar-refractivity contribution is 5.38. The number of nitrogens with two attached hydrogens (primary N) is 1. The fourth-order valence-electron chi connectivity index (χ4n) is 1.86. The first kappa shape index (κ1) is 10.2. The van der Waals surface area contributed by atoms with Crippen LogP contribution in [0.3, 0.4) is 0 Å². The van der Waals surface area contributed by atoms with Crippen molar-refractivity contribution in [3.8, 4) is 0 Å². The number of piperidine rings is 1. The minimum absolute atomic E-state index is 0.615. The molecule has 1 aliphatic rings. The molecule has 1 aromatic heterocycles. The predicted octanol–water partition coefficient (Wildman–Crippen LogP) is 0.247. The summed E-state index contributed by atoms with van der Waals surface area (Å²) in [6.07, 6.45) is 5.60. The molecule has 0 aliphatic carbocycles. The smallest absolute Gasteiger partial charge is 0.225 e. The minimum Gasteiger partial charge on any atom is -0.396 e. The Bertz CT molecular complexity index is 302. The van der Waals surface area contributed by atoms with E-state index in [4.69, 9.17) is 5.73 Å². The van der Waals surface area contributed by atoms with E-state index in [-0.39, 0.29) is 0 Å². The van der Waals surface area contributed by atoms with Crippen LogP contribution in [0, 0.1) is 0 Å². The Morgan fingerprint density at radius 2 is 1.93 bits per heavy atom. The van der Waals surface area contributed by atoms with Gasteiger partial charge in [-0.2, -0.15) is 0 Å². The molecule has 0 spiro atoms. The molecule has 1 saturated heterocycles. The summed E-state index contributed by atoms with van der Waals surface area (Å²) >= 11 is 0. The van der Waals surface area contributed by atoms with Crippen LogP contribution in [0.1, 0.15) is 12.8 Å². The molecule has 0 aromatic carbocycles. The van der Waals surface area contributed by atoms with Crippen LogP contribution in [0.5, 0.6) is 0 Å². The lowest BCUT2D eigenvalue weighted by Crippen LogP contribution is -2.41. The third kappa shape index (κ3) is 2.36. The second-order valence-electron chi connectivity index (χ2n) is 3.87. The first-order valence-corrected chi connectivity index (χ1v) is 5.29. The number of hydrogen-bond donors (Lipinski definition) is 2. The van der Waals surface area contributed by atoms with E-state index in [0.29, 0.717) is 11.7 Å². The number of nitrogen functional groups attached to an aromatic ring is 1. The highest BCUT2D eigenvalue weighted by Gasteiger charge is 2.19. The monoisotopic (exact) mass is 207 g/mol. The van der Waals surface area contributed by atoms with Crippen molar-refractivity contribution in [2.24, 2.45) is 0 Å². The van der Waals surface area contributed by atoms with Crippen molar-refractivity contribution in [3.63, 3.8) is 0 Å². The molecule has 5 heteroatoms. The molecule has 82 valence electrons. The molecule has 0 unspecified atom stereocenters. The molecule has 0 saturated carbocycles. The average molecular weight is 207 g/mol. The standard InChI is InChI=1S/C10H17N5/c1-12-9-2-4-15(5-3-9)10-13-6-8(11)7-14-10/h6-7,9,12H,2-5,11H2,1H3. The molecule has 0 atom stereocenters. The van der Waals surface area contributed by atoms with Crippen LogP contribution in [0.4, 0.5) is 11.6 Å². The van der Waals surface area contributed by atoms with E-state index in [1.165, 1.54) is 0 Å². The molecule has 0 amide bonds. The van der Waals surface area contributed by atoms with E-state index < -0.39 is 0 Å². The van der Waals surface area contributed by atoms with Crippen molar-refractivity contribution in [1.82, 2.24) is 15.3 Å². The molecule has 5 nitrogen and oxygen atoms in total. The largest absolute Gasteiger partial charge is 0.396 e. The summed E-state index contributed by atoms with van der Waals surface area (Å²) in [5, 5.41) is 3.30. The second-order valence-corrected chi connectivity index (χ2v) is 3.87. The first-order valence-electron chi connectivity index (χ1n) is 5.29. The van der Waals surface area contributed by atoms with E-state index in [1.807, 2.05) is 7.05 Å². The van der Waals surface area contributed by atoms with E-state index in [0.717, 1.165) is 31.9 Å². The molecule has 2 rings (SSSR count). The summed E-state index contributed by atoms with van der Waals surface area (Å²) in [6.45, 7) is 2.02. The minimum atomic E-state index is 0.615. The second kappa shape index (κ2) is 4.44. The molecule has 1 aromatic rings. The first-order chi connectivity index (χ1) is 7.29. The van der Waals surface area contributed by atoms with E-state index >= 15 is 0 Å². The third-order valence-electron chi connectivity index (χ3n) is 2.84. The van der Waals surface area contributed by atoms with Crippen LogP contribution >= 0.6 is 0 Å². The molecule has 1 aliphatic heterocycles. The van der Waals surface area contributed by atoms with Crippen LogP contribution in [-0.2, 0) is 0 Å². The van der Waals surface area contributed by atoms with Crippen LogP contribution in [-0.4, -0.2) is 36.1 Å². The number of anilines is 2. The van der Waals surface area contributed by atoms with Gasteiger partial charge in [0, 0.05) is 19.1 Å². The fourth-order valence-corrected chi connectivity index (χ4v) is 1.86. The lowest BCUT2D eigenvalue weighted by Gasteiger charge is -2.31. The number of hydrogen-bond acceptors (Lipinski definition) is 5. The van der Waals surface area contributed by atoms with E-state index in [1.54, 1.807) is 12.4 Å². The Morgan fingerprint density at radius 3 is 2.47 bits per heavy atom. The molecule has 2 heterocycles. The maximum absolute atomic E-state index is 5.55. The van der Waals surface area contributed by atoms with E-state index in [2.05, 4.69) is 20.2 Å². The fraction of sp³-hybridized carbons (Fsp3) is 0.600. The van der Waals surface area contributed by atoms with Crippen LogP contribution in [0.2, 0.25) is 0 Å². The molecule has 0 radical (unpaired) electrons. The van der Waals surface area contributed by atoms with Gasteiger partial charge in [0.15, 0.2) is 0 Å². The van der Waals surface area contributed by atoms with Crippen molar-refractivity contribution < 1.29 is 0 Å². The lowest BCUT2D eigenvalue weighted by molar-refractivity contribution is 0.439. The van der Waals surface area contributed by atoms with Crippen molar-refractivity contribution in [2.45, 2.75) is 18.9 Å². The van der Waals surface area contributed by atoms with Gasteiger partial charge in [-0.25, -0.2) is 9.97 Å². The summed E-state index contributed by atoms with van der Waals surface area (Å²) in [5.41, 5.74) is 6.16. The lowest BCUT2D eigenvalue weighted by atomic mass is 10.1. The van der Waals surface area contributed by atoms with Crippen molar-refractivity contribution in [2.75, 3.05) is 30.8 Å². The highest BCUT2D eigenvalue weighted by atomic mass is 15.3. The number of aromatic nitrogens is 2. The van der Waals surface area contributed by atoms with Gasteiger partial charge < -0.3 is 16.0 Å². The maximum Gasteiger partial charge on any atom is 0.225 e. The van der Waals surface area contributed by atoms with Gasteiger partial charge in [-0.05, 0) is 19.9 Å². The summed E-state index contributed by atoms with van der Waals surface area (Å²) in [5.74, 6) is 0.791. The third-order valence-corrected chi connectivity index (χ3v) is 2.84. The van der Waals surface area contributed by atoms with Crippen molar-refractivity contribution >= 4 is 11.6 Å².